The highest BCUT2D eigenvalue weighted by molar-refractivity contribution is 6.02. The second-order valence-electron chi connectivity index (χ2n) is 9.86. The summed E-state index contributed by atoms with van der Waals surface area (Å²) in [4.78, 5) is 17.5. The number of ketones is 1. The predicted octanol–water partition coefficient (Wildman–Crippen LogP) is 6.26. The quantitative estimate of drug-likeness (QED) is 0.607. The summed E-state index contributed by atoms with van der Waals surface area (Å²) in [5.41, 5.74) is 0.0625. The molecule has 0 saturated carbocycles. The van der Waals surface area contributed by atoms with E-state index in [-0.39, 0.29) is 17.3 Å². The Morgan fingerprint density at radius 3 is 2.50 bits per heavy atom. The number of ether oxygens (including phenoxy) is 1. The summed E-state index contributed by atoms with van der Waals surface area (Å²) in [5, 5.41) is 3.18. The fourth-order valence-corrected chi connectivity index (χ4v) is 4.84. The number of rotatable bonds is 3. The Morgan fingerprint density at radius 2 is 1.84 bits per heavy atom. The van der Waals surface area contributed by atoms with Crippen LogP contribution in [0.25, 0.3) is 0 Å². The molecule has 2 heterocycles. The summed E-state index contributed by atoms with van der Waals surface area (Å²) < 4.78 is 46.6. The number of allylic oxidation sites excluding steroid dienone is 2. The predicted molar refractivity (Wildman–Crippen MR) is 117 cm³/mol. The molecule has 4 rings (SSSR count). The first-order valence-corrected chi connectivity index (χ1v) is 10.7. The van der Waals surface area contributed by atoms with Crippen LogP contribution in [0, 0.1) is 5.41 Å². The van der Waals surface area contributed by atoms with Gasteiger partial charge in [0, 0.05) is 29.5 Å². The lowest BCUT2D eigenvalue weighted by Crippen LogP contribution is -2.42. The van der Waals surface area contributed by atoms with Crippen molar-refractivity contribution in [3.8, 4) is 5.75 Å². The van der Waals surface area contributed by atoms with Crippen molar-refractivity contribution >= 4 is 11.6 Å². The van der Waals surface area contributed by atoms with E-state index in [0.717, 1.165) is 18.0 Å². The van der Waals surface area contributed by atoms with Gasteiger partial charge in [-0.25, -0.2) is 4.98 Å². The molecule has 2 aliphatic rings. The number of aromatic nitrogens is 1. The smallest absolute Gasteiger partial charge is 0.417 e. The molecule has 7 heteroatoms. The topological polar surface area (TPSA) is 51.2 Å². The third kappa shape index (κ3) is 3.78. The van der Waals surface area contributed by atoms with Gasteiger partial charge in [-0.05, 0) is 56.4 Å². The number of benzene rings is 1. The zero-order chi connectivity index (χ0) is 23.5. The monoisotopic (exact) mass is 444 g/mol. The van der Waals surface area contributed by atoms with Crippen molar-refractivity contribution in [2.75, 3.05) is 5.32 Å². The highest BCUT2D eigenvalue weighted by atomic mass is 19.4. The zero-order valence-electron chi connectivity index (χ0n) is 18.9. The maximum absolute atomic E-state index is 13.6. The third-order valence-electron chi connectivity index (χ3n) is 6.18. The highest BCUT2D eigenvalue weighted by Crippen LogP contribution is 2.53. The summed E-state index contributed by atoms with van der Waals surface area (Å²) in [7, 11) is 0. The molecule has 0 radical (unpaired) electrons. The maximum Gasteiger partial charge on any atom is 0.417 e. The van der Waals surface area contributed by atoms with Crippen LogP contribution in [0.5, 0.6) is 5.75 Å². The van der Waals surface area contributed by atoms with E-state index in [2.05, 4.69) is 10.3 Å². The van der Waals surface area contributed by atoms with Crippen LogP contribution in [0.4, 0.5) is 19.0 Å². The normalized spacial score (nSPS) is 22.3. The second kappa shape index (κ2) is 7.36. The number of pyridine rings is 1. The number of hydrogen-bond donors (Lipinski definition) is 1. The van der Waals surface area contributed by atoms with Crippen LogP contribution >= 0.6 is 0 Å². The lowest BCUT2D eigenvalue weighted by atomic mass is 9.62. The first-order chi connectivity index (χ1) is 14.8. The Morgan fingerprint density at radius 1 is 1.12 bits per heavy atom. The van der Waals surface area contributed by atoms with Crippen LogP contribution in [-0.2, 0) is 16.4 Å². The van der Waals surface area contributed by atoms with Crippen LogP contribution in [0.1, 0.15) is 64.2 Å². The number of fused-ring (bicyclic) bond motifs is 1. The SMILES string of the molecule is CC(C)Oc1cccc([C@]2(C)C3=C(CC(C)(C)CC3=O)Nc3ncc(C(F)(F)F)cc32)c1. The van der Waals surface area contributed by atoms with Crippen molar-refractivity contribution in [2.45, 2.75) is 65.2 Å². The van der Waals surface area contributed by atoms with Gasteiger partial charge < -0.3 is 10.1 Å². The molecule has 0 unspecified atom stereocenters. The minimum absolute atomic E-state index is 0.0653. The fraction of sp³-hybridized carbons (Fsp3) is 0.440. The summed E-state index contributed by atoms with van der Waals surface area (Å²) >= 11 is 0. The Kier molecular flexibility index (Phi) is 5.14. The first-order valence-electron chi connectivity index (χ1n) is 10.7. The second-order valence-corrected chi connectivity index (χ2v) is 9.86. The number of halogens is 3. The van der Waals surface area contributed by atoms with E-state index in [1.165, 1.54) is 0 Å². The van der Waals surface area contributed by atoms with Crippen molar-refractivity contribution in [2.24, 2.45) is 5.41 Å². The van der Waals surface area contributed by atoms with Crippen molar-refractivity contribution in [1.29, 1.82) is 0 Å². The number of nitrogens with zero attached hydrogens (tertiary/aromatic N) is 1. The van der Waals surface area contributed by atoms with Crippen molar-refractivity contribution in [3.63, 3.8) is 0 Å². The van der Waals surface area contributed by atoms with Crippen molar-refractivity contribution in [1.82, 2.24) is 4.98 Å². The molecular weight excluding hydrogens is 417 g/mol. The van der Waals surface area contributed by atoms with Crippen LogP contribution in [-0.4, -0.2) is 16.9 Å². The number of carbonyl (C=O) groups is 1. The van der Waals surface area contributed by atoms with Gasteiger partial charge in [0.25, 0.3) is 0 Å². The van der Waals surface area contributed by atoms with Gasteiger partial charge in [0.1, 0.15) is 11.6 Å². The maximum atomic E-state index is 13.6. The third-order valence-corrected chi connectivity index (χ3v) is 6.18. The molecule has 0 saturated heterocycles. The molecule has 170 valence electrons. The highest BCUT2D eigenvalue weighted by Gasteiger charge is 2.49. The van der Waals surface area contributed by atoms with Gasteiger partial charge in [0.05, 0.1) is 17.1 Å². The van der Waals surface area contributed by atoms with Crippen LogP contribution in [0.15, 0.2) is 47.8 Å². The van der Waals surface area contributed by atoms with Crippen molar-refractivity contribution in [3.05, 3.63) is 64.5 Å². The number of carbonyl (C=O) groups excluding carboxylic acids is 1. The Bertz CT molecular complexity index is 1120. The molecule has 1 aliphatic heterocycles. The van der Waals surface area contributed by atoms with E-state index < -0.39 is 17.2 Å². The first kappa shape index (κ1) is 22.4. The van der Waals surface area contributed by atoms with Crippen LogP contribution in [0.3, 0.4) is 0 Å². The number of Topliss-reactive ketones (excluding diaryl/α,β-unsaturated/α-hetero) is 1. The number of nitrogens with one attached hydrogen (secondary N) is 1. The molecule has 1 aromatic heterocycles. The average Bonchev–Trinajstić information content (AvgIpc) is 2.65. The molecule has 1 N–H and O–H groups in total. The van der Waals surface area contributed by atoms with Gasteiger partial charge in [-0.3, -0.25) is 4.79 Å². The Balaban J connectivity index is 1.99. The molecule has 0 spiro atoms. The largest absolute Gasteiger partial charge is 0.491 e. The van der Waals surface area contributed by atoms with E-state index in [0.29, 0.717) is 41.1 Å². The van der Waals surface area contributed by atoms with Gasteiger partial charge in [-0.2, -0.15) is 13.2 Å². The summed E-state index contributed by atoms with van der Waals surface area (Å²) in [5.74, 6) is 0.883. The van der Waals surface area contributed by atoms with Gasteiger partial charge in [-0.15, -0.1) is 0 Å². The summed E-state index contributed by atoms with van der Waals surface area (Å²) in [6.45, 7) is 9.65. The van der Waals surface area contributed by atoms with Crippen LogP contribution < -0.4 is 10.1 Å². The van der Waals surface area contributed by atoms with Gasteiger partial charge in [-0.1, -0.05) is 26.0 Å². The minimum atomic E-state index is -4.54. The molecule has 2 aromatic rings. The Labute approximate surface area is 185 Å². The molecule has 1 aromatic carbocycles. The van der Waals surface area contributed by atoms with E-state index in [4.69, 9.17) is 4.74 Å². The minimum Gasteiger partial charge on any atom is -0.491 e. The number of anilines is 1. The Hall–Kier alpha value is -2.83. The molecule has 1 atom stereocenters. The van der Waals surface area contributed by atoms with Gasteiger partial charge >= 0.3 is 6.18 Å². The van der Waals surface area contributed by atoms with Gasteiger partial charge in [0.2, 0.25) is 0 Å². The fourth-order valence-electron chi connectivity index (χ4n) is 4.84. The molecular formula is C25H27F3N2O2. The number of alkyl halides is 3. The van der Waals surface area contributed by atoms with E-state index >= 15 is 0 Å². The standard InChI is InChI=1S/C25H27F3N2O2/c1-14(2)32-17-8-6-7-15(9-17)24(5)18-10-16(25(26,27)28)13-29-22(18)30-19-11-23(3,4)12-20(31)21(19)24/h6-10,13-14H,11-12H2,1-5H3,(H,29,30)/t24-/m0/s1. The summed E-state index contributed by atoms with van der Waals surface area (Å²) in [6, 6.07) is 8.37. The van der Waals surface area contributed by atoms with E-state index in [1.54, 1.807) is 12.1 Å². The van der Waals surface area contributed by atoms with E-state index in [9.17, 15) is 18.0 Å². The number of hydrogen-bond acceptors (Lipinski definition) is 4. The molecule has 4 nitrogen and oxygen atoms in total. The lowest BCUT2D eigenvalue weighted by molar-refractivity contribution is -0.137. The van der Waals surface area contributed by atoms with Crippen LogP contribution in [0.2, 0.25) is 0 Å². The lowest BCUT2D eigenvalue weighted by Gasteiger charge is -2.44. The molecule has 1 aliphatic carbocycles. The average molecular weight is 444 g/mol. The van der Waals surface area contributed by atoms with Crippen molar-refractivity contribution < 1.29 is 22.7 Å². The molecule has 0 bridgehead atoms. The van der Waals surface area contributed by atoms with Gasteiger partial charge in [0.15, 0.2) is 5.78 Å². The van der Waals surface area contributed by atoms with E-state index in [1.807, 2.05) is 46.8 Å². The summed E-state index contributed by atoms with van der Waals surface area (Å²) in [6.07, 6.45) is -2.84. The molecule has 32 heavy (non-hydrogen) atoms. The molecule has 0 fully saturated rings. The molecule has 0 amide bonds. The zero-order valence-corrected chi connectivity index (χ0v) is 18.9.